The Morgan fingerprint density at radius 3 is 2.78 bits per heavy atom. The van der Waals surface area contributed by atoms with Crippen LogP contribution >= 0.6 is 11.6 Å². The van der Waals surface area contributed by atoms with Crippen LogP contribution in [0.2, 0.25) is 5.02 Å². The predicted octanol–water partition coefficient (Wildman–Crippen LogP) is 2.42. The molecule has 3 aromatic rings. The molecule has 1 unspecified atom stereocenters. The van der Waals surface area contributed by atoms with E-state index in [4.69, 9.17) is 20.9 Å². The lowest BCUT2D eigenvalue weighted by Crippen LogP contribution is -2.38. The first kappa shape index (κ1) is 19.1. The Hall–Kier alpha value is -2.71. The molecule has 1 aromatic carbocycles. The zero-order chi connectivity index (χ0) is 19.4. The van der Waals surface area contributed by atoms with Gasteiger partial charge in [0.15, 0.2) is 0 Å². The maximum Gasteiger partial charge on any atom is 0.267 e. The number of aromatic nitrogens is 3. The molecule has 3 rings (SSSR count). The molecule has 0 radical (unpaired) electrons. The van der Waals surface area contributed by atoms with Gasteiger partial charge in [-0.3, -0.25) is 14.2 Å². The topological polar surface area (TPSA) is 99.2 Å². The number of benzene rings is 1. The van der Waals surface area contributed by atoms with Gasteiger partial charge in [0, 0.05) is 24.2 Å². The van der Waals surface area contributed by atoms with E-state index in [9.17, 15) is 9.59 Å². The summed E-state index contributed by atoms with van der Waals surface area (Å²) >= 11 is 5.92. The van der Waals surface area contributed by atoms with Crippen LogP contribution in [-0.4, -0.2) is 40.9 Å². The van der Waals surface area contributed by atoms with Gasteiger partial charge in [-0.2, -0.15) is 0 Å². The van der Waals surface area contributed by atoms with Crippen LogP contribution in [0.3, 0.4) is 0 Å². The summed E-state index contributed by atoms with van der Waals surface area (Å²) in [6.07, 6.45) is 1.74. The molecule has 1 amide bonds. The maximum atomic E-state index is 13.1. The number of ether oxygens (including phenoxy) is 1. The SMILES string of the molecule is CCC(C(=O)NCCOC)n1cnc2onc(-c3ccc(Cl)cc3)c2c1=O. The van der Waals surface area contributed by atoms with Gasteiger partial charge < -0.3 is 14.6 Å². The molecule has 8 nitrogen and oxygen atoms in total. The van der Waals surface area contributed by atoms with Crippen molar-refractivity contribution in [2.24, 2.45) is 0 Å². The number of amides is 1. The summed E-state index contributed by atoms with van der Waals surface area (Å²) in [6, 6.07) is 6.18. The van der Waals surface area contributed by atoms with E-state index in [0.717, 1.165) is 0 Å². The Balaban J connectivity index is 2.03. The number of fused-ring (bicyclic) bond motifs is 1. The summed E-state index contributed by atoms with van der Waals surface area (Å²) in [5.74, 6) is -0.276. The quantitative estimate of drug-likeness (QED) is 0.622. The van der Waals surface area contributed by atoms with Gasteiger partial charge in [-0.15, -0.1) is 0 Å². The lowest BCUT2D eigenvalue weighted by molar-refractivity contribution is -0.124. The molecule has 0 saturated carbocycles. The molecular weight excluding hydrogens is 372 g/mol. The van der Waals surface area contributed by atoms with Crippen LogP contribution in [-0.2, 0) is 9.53 Å². The molecule has 0 fully saturated rings. The van der Waals surface area contributed by atoms with Gasteiger partial charge in [0.25, 0.3) is 11.3 Å². The maximum absolute atomic E-state index is 13.1. The van der Waals surface area contributed by atoms with Crippen molar-refractivity contribution in [2.45, 2.75) is 19.4 Å². The van der Waals surface area contributed by atoms with Gasteiger partial charge in [0.05, 0.1) is 6.61 Å². The molecule has 0 aliphatic carbocycles. The van der Waals surface area contributed by atoms with Crippen molar-refractivity contribution < 1.29 is 14.1 Å². The fourth-order valence-corrected chi connectivity index (χ4v) is 2.91. The molecular formula is C18H19ClN4O4. The largest absolute Gasteiger partial charge is 0.383 e. The van der Waals surface area contributed by atoms with Crippen molar-refractivity contribution in [3.8, 4) is 11.3 Å². The van der Waals surface area contributed by atoms with Gasteiger partial charge >= 0.3 is 0 Å². The zero-order valence-electron chi connectivity index (χ0n) is 14.9. The van der Waals surface area contributed by atoms with E-state index in [-0.39, 0.29) is 22.6 Å². The summed E-state index contributed by atoms with van der Waals surface area (Å²) in [5, 5.41) is 7.52. The number of carbonyl (C=O) groups excluding carboxylic acids is 1. The van der Waals surface area contributed by atoms with Crippen LogP contribution in [0.25, 0.3) is 22.4 Å². The Morgan fingerprint density at radius 2 is 2.11 bits per heavy atom. The van der Waals surface area contributed by atoms with Crippen molar-refractivity contribution in [3.05, 3.63) is 46.0 Å². The molecule has 9 heteroatoms. The number of halogens is 1. The van der Waals surface area contributed by atoms with Crippen LogP contribution in [0.1, 0.15) is 19.4 Å². The highest BCUT2D eigenvalue weighted by molar-refractivity contribution is 6.30. The standard InChI is InChI=1S/C18H19ClN4O4/c1-3-13(16(24)20-8-9-26-2)23-10-21-17-14(18(23)25)15(22-27-17)11-4-6-12(19)7-5-11/h4-7,10,13H,3,8-9H2,1-2H3,(H,20,24). The first-order valence-electron chi connectivity index (χ1n) is 8.46. The molecule has 0 aliphatic heterocycles. The van der Waals surface area contributed by atoms with E-state index >= 15 is 0 Å². The van der Waals surface area contributed by atoms with E-state index in [1.165, 1.54) is 10.9 Å². The highest BCUT2D eigenvalue weighted by Gasteiger charge is 2.23. The second-order valence-electron chi connectivity index (χ2n) is 5.88. The van der Waals surface area contributed by atoms with Crippen LogP contribution < -0.4 is 10.9 Å². The van der Waals surface area contributed by atoms with E-state index < -0.39 is 6.04 Å². The van der Waals surface area contributed by atoms with E-state index in [1.807, 2.05) is 6.92 Å². The van der Waals surface area contributed by atoms with Gasteiger partial charge in [0.2, 0.25) is 5.91 Å². The fraction of sp³-hybridized carbons (Fsp3) is 0.333. The Labute approximate surface area is 160 Å². The van der Waals surface area contributed by atoms with Gasteiger partial charge in [-0.05, 0) is 18.6 Å². The van der Waals surface area contributed by atoms with Crippen molar-refractivity contribution in [2.75, 3.05) is 20.3 Å². The monoisotopic (exact) mass is 390 g/mol. The number of carbonyl (C=O) groups is 1. The zero-order valence-corrected chi connectivity index (χ0v) is 15.7. The highest BCUT2D eigenvalue weighted by Crippen LogP contribution is 2.26. The highest BCUT2D eigenvalue weighted by atomic mass is 35.5. The summed E-state index contributed by atoms with van der Waals surface area (Å²) in [6.45, 7) is 2.57. The van der Waals surface area contributed by atoms with Crippen LogP contribution in [0.5, 0.6) is 0 Å². The molecule has 142 valence electrons. The van der Waals surface area contributed by atoms with Crippen LogP contribution in [0.15, 0.2) is 39.9 Å². The average molecular weight is 391 g/mol. The number of hydrogen-bond donors (Lipinski definition) is 1. The minimum Gasteiger partial charge on any atom is -0.383 e. The molecule has 2 heterocycles. The Bertz CT molecular complexity index is 997. The molecule has 0 spiro atoms. The number of rotatable bonds is 7. The fourth-order valence-electron chi connectivity index (χ4n) is 2.79. The van der Waals surface area contributed by atoms with Crippen LogP contribution in [0.4, 0.5) is 0 Å². The van der Waals surface area contributed by atoms with Gasteiger partial charge in [0.1, 0.15) is 23.4 Å². The molecule has 2 aromatic heterocycles. The molecule has 0 bridgehead atoms. The van der Waals surface area contributed by atoms with E-state index in [1.54, 1.807) is 31.4 Å². The lowest BCUT2D eigenvalue weighted by Gasteiger charge is -2.17. The molecule has 0 aliphatic rings. The third kappa shape index (κ3) is 3.86. The van der Waals surface area contributed by atoms with Crippen LogP contribution in [0, 0.1) is 0 Å². The summed E-state index contributed by atoms with van der Waals surface area (Å²) in [5.41, 5.74) is 0.770. The minimum absolute atomic E-state index is 0.121. The van der Waals surface area contributed by atoms with Crippen molar-refractivity contribution >= 4 is 28.6 Å². The lowest BCUT2D eigenvalue weighted by atomic mass is 10.1. The third-order valence-corrected chi connectivity index (χ3v) is 4.42. The van der Waals surface area contributed by atoms with Crippen molar-refractivity contribution in [1.82, 2.24) is 20.0 Å². The number of hydrogen-bond acceptors (Lipinski definition) is 6. The Kier molecular flexibility index (Phi) is 5.88. The third-order valence-electron chi connectivity index (χ3n) is 4.17. The smallest absolute Gasteiger partial charge is 0.267 e. The first-order chi connectivity index (χ1) is 13.1. The number of nitrogens with zero attached hydrogens (tertiary/aromatic N) is 3. The molecule has 0 saturated heterocycles. The number of nitrogens with one attached hydrogen (secondary N) is 1. The van der Waals surface area contributed by atoms with Gasteiger partial charge in [-0.1, -0.05) is 35.8 Å². The number of methoxy groups -OCH3 is 1. The van der Waals surface area contributed by atoms with Crippen molar-refractivity contribution in [3.63, 3.8) is 0 Å². The minimum atomic E-state index is -0.695. The molecule has 27 heavy (non-hydrogen) atoms. The van der Waals surface area contributed by atoms with E-state index in [0.29, 0.717) is 35.9 Å². The first-order valence-corrected chi connectivity index (χ1v) is 8.83. The predicted molar refractivity (Wildman–Crippen MR) is 101 cm³/mol. The summed E-state index contributed by atoms with van der Waals surface area (Å²) in [7, 11) is 1.55. The second-order valence-corrected chi connectivity index (χ2v) is 6.32. The molecule has 1 N–H and O–H groups in total. The summed E-state index contributed by atoms with van der Waals surface area (Å²) in [4.78, 5) is 29.7. The second kappa shape index (κ2) is 8.32. The van der Waals surface area contributed by atoms with Crippen molar-refractivity contribution in [1.29, 1.82) is 0 Å². The average Bonchev–Trinajstić information content (AvgIpc) is 3.10. The normalized spacial score (nSPS) is 12.3. The Morgan fingerprint density at radius 1 is 1.37 bits per heavy atom. The molecule has 1 atom stereocenters. The van der Waals surface area contributed by atoms with Gasteiger partial charge in [-0.25, -0.2) is 4.98 Å². The van der Waals surface area contributed by atoms with E-state index in [2.05, 4.69) is 15.5 Å². The summed E-state index contributed by atoms with van der Waals surface area (Å²) < 4.78 is 11.4.